The number of carbonyl (C=O) groups excluding carboxylic acids is 6. The Morgan fingerprint density at radius 3 is 1.65 bits per heavy atom. The maximum atomic E-state index is 12.9. The fraction of sp³-hybridized carbons (Fsp3) is 0.579. The first-order chi connectivity index (χ1) is 17.1. The highest BCUT2D eigenvalue weighted by atomic mass is 16.4. The Labute approximate surface area is 211 Å². The van der Waals surface area contributed by atoms with Gasteiger partial charge in [0, 0.05) is 13.0 Å². The van der Waals surface area contributed by atoms with Gasteiger partial charge in [0.05, 0.1) is 18.9 Å². The number of aliphatic imine (C=N–C) groups is 1. The summed E-state index contributed by atoms with van der Waals surface area (Å²) in [5.74, 6) is -7.46. The molecule has 0 aromatic rings. The standard InChI is InChI=1S/C19H34N10O8/c20-8(3-4-12(21)30)15(33)27-9(2-1-5-26-19(24)25)16(34)28-10(6-13(22)31)17(35)29-11(18(36)37)7-14(23)32/h8-11H,1-7,20H2,(H2,21,30)(H2,22,31)(H2,23,32)(H,27,33)(H,28,34)(H,29,35)(H,36,37)(H4,24,25,26). The molecule has 16 N–H and O–H groups in total. The molecule has 0 bridgehead atoms. The van der Waals surface area contributed by atoms with Gasteiger partial charge < -0.3 is 55.5 Å². The van der Waals surface area contributed by atoms with Crippen LogP contribution in [0, 0.1) is 0 Å². The minimum atomic E-state index is -1.74. The molecule has 0 aromatic heterocycles. The lowest BCUT2D eigenvalue weighted by molar-refractivity contribution is -0.144. The summed E-state index contributed by atoms with van der Waals surface area (Å²) in [6, 6.07) is -5.92. The zero-order valence-electron chi connectivity index (χ0n) is 20.0. The Balaban J connectivity index is 5.65. The van der Waals surface area contributed by atoms with Crippen molar-refractivity contribution in [3.05, 3.63) is 0 Å². The number of nitrogens with two attached hydrogens (primary N) is 6. The van der Waals surface area contributed by atoms with Crippen LogP contribution in [0.4, 0.5) is 0 Å². The van der Waals surface area contributed by atoms with E-state index in [9.17, 15) is 38.7 Å². The predicted octanol–water partition coefficient (Wildman–Crippen LogP) is -6.08. The molecule has 37 heavy (non-hydrogen) atoms. The number of primary amides is 3. The number of carbonyl (C=O) groups is 7. The molecule has 0 saturated heterocycles. The number of amides is 6. The summed E-state index contributed by atoms with van der Waals surface area (Å²) in [6.07, 6.45) is -1.67. The van der Waals surface area contributed by atoms with Crippen LogP contribution in [0.15, 0.2) is 4.99 Å². The number of nitrogens with one attached hydrogen (secondary N) is 3. The molecule has 6 amide bonds. The highest BCUT2D eigenvalue weighted by Crippen LogP contribution is 2.04. The third-order valence-corrected chi connectivity index (χ3v) is 4.67. The molecule has 0 aliphatic heterocycles. The lowest BCUT2D eigenvalue weighted by Gasteiger charge is -2.24. The monoisotopic (exact) mass is 530 g/mol. The smallest absolute Gasteiger partial charge is 0.326 e. The fourth-order valence-electron chi connectivity index (χ4n) is 2.84. The van der Waals surface area contributed by atoms with E-state index in [1.165, 1.54) is 0 Å². The lowest BCUT2D eigenvalue weighted by Crippen LogP contribution is -2.58. The number of carboxylic acids is 1. The van der Waals surface area contributed by atoms with Crippen molar-refractivity contribution in [2.45, 2.75) is 62.7 Å². The van der Waals surface area contributed by atoms with Crippen molar-refractivity contribution in [2.75, 3.05) is 6.54 Å². The van der Waals surface area contributed by atoms with Crippen molar-refractivity contribution in [3.63, 3.8) is 0 Å². The highest BCUT2D eigenvalue weighted by Gasteiger charge is 2.31. The normalized spacial score (nSPS) is 13.6. The van der Waals surface area contributed by atoms with Crippen LogP contribution in [0.1, 0.15) is 38.5 Å². The third kappa shape index (κ3) is 14.5. The zero-order valence-corrected chi connectivity index (χ0v) is 20.0. The molecular weight excluding hydrogens is 496 g/mol. The average molecular weight is 531 g/mol. The molecule has 18 heteroatoms. The van der Waals surface area contributed by atoms with E-state index in [0.29, 0.717) is 0 Å². The number of carboxylic acid groups (broad SMARTS) is 1. The first-order valence-electron chi connectivity index (χ1n) is 10.9. The second-order valence-electron chi connectivity index (χ2n) is 7.92. The molecule has 0 aliphatic rings. The lowest BCUT2D eigenvalue weighted by atomic mass is 10.1. The van der Waals surface area contributed by atoms with Gasteiger partial charge in [-0.15, -0.1) is 0 Å². The van der Waals surface area contributed by atoms with Crippen molar-refractivity contribution in [1.82, 2.24) is 16.0 Å². The molecule has 208 valence electrons. The Bertz CT molecular complexity index is 905. The van der Waals surface area contributed by atoms with E-state index in [1.807, 2.05) is 5.32 Å². The molecule has 4 atom stereocenters. The maximum Gasteiger partial charge on any atom is 0.326 e. The minimum absolute atomic E-state index is 0.0543. The van der Waals surface area contributed by atoms with Gasteiger partial charge in [0.15, 0.2) is 5.96 Å². The van der Waals surface area contributed by atoms with Crippen LogP contribution in [0.2, 0.25) is 0 Å². The van der Waals surface area contributed by atoms with Crippen LogP contribution >= 0.6 is 0 Å². The van der Waals surface area contributed by atoms with Crippen LogP contribution in [0.5, 0.6) is 0 Å². The van der Waals surface area contributed by atoms with Crippen LogP contribution in [0.25, 0.3) is 0 Å². The van der Waals surface area contributed by atoms with E-state index >= 15 is 0 Å². The molecule has 0 heterocycles. The second-order valence-corrected chi connectivity index (χ2v) is 7.92. The van der Waals surface area contributed by atoms with Gasteiger partial charge in [-0.2, -0.15) is 0 Å². The van der Waals surface area contributed by atoms with E-state index in [0.717, 1.165) is 0 Å². The molecular formula is C19H34N10O8. The minimum Gasteiger partial charge on any atom is -0.480 e. The molecule has 4 unspecified atom stereocenters. The van der Waals surface area contributed by atoms with Gasteiger partial charge in [-0.25, -0.2) is 4.79 Å². The largest absolute Gasteiger partial charge is 0.480 e. The number of rotatable bonds is 18. The van der Waals surface area contributed by atoms with Crippen molar-refractivity contribution >= 4 is 47.4 Å². The summed E-state index contributed by atoms with van der Waals surface area (Å²) in [7, 11) is 0. The molecule has 0 fully saturated rings. The van der Waals surface area contributed by atoms with E-state index in [-0.39, 0.29) is 38.2 Å². The summed E-state index contributed by atoms with van der Waals surface area (Å²) in [6.45, 7) is 0.0777. The average Bonchev–Trinajstić information content (AvgIpc) is 2.77. The summed E-state index contributed by atoms with van der Waals surface area (Å²) in [5.41, 5.74) is 31.4. The Morgan fingerprint density at radius 2 is 1.16 bits per heavy atom. The summed E-state index contributed by atoms with van der Waals surface area (Å²) >= 11 is 0. The zero-order chi connectivity index (χ0) is 28.7. The van der Waals surface area contributed by atoms with Gasteiger partial charge in [-0.1, -0.05) is 0 Å². The van der Waals surface area contributed by atoms with Gasteiger partial charge in [-0.05, 0) is 19.3 Å². The molecule has 0 radical (unpaired) electrons. The molecule has 0 spiro atoms. The molecule has 0 saturated carbocycles. The van der Waals surface area contributed by atoms with Crippen LogP contribution in [0.3, 0.4) is 0 Å². The molecule has 18 nitrogen and oxygen atoms in total. The van der Waals surface area contributed by atoms with Crippen molar-refractivity contribution in [1.29, 1.82) is 0 Å². The van der Waals surface area contributed by atoms with E-state index in [2.05, 4.69) is 15.6 Å². The van der Waals surface area contributed by atoms with Crippen molar-refractivity contribution in [2.24, 2.45) is 39.4 Å². The SMILES string of the molecule is NC(=O)CCC(N)C(=O)NC(CCCN=C(N)N)C(=O)NC(CC(N)=O)C(=O)NC(CC(N)=O)C(=O)O. The quantitative estimate of drug-likeness (QED) is 0.0451. The number of hydrogen-bond acceptors (Lipinski definition) is 9. The van der Waals surface area contributed by atoms with Crippen LogP contribution in [-0.2, 0) is 33.6 Å². The first kappa shape index (κ1) is 32.5. The van der Waals surface area contributed by atoms with Gasteiger partial charge >= 0.3 is 5.97 Å². The third-order valence-electron chi connectivity index (χ3n) is 4.67. The first-order valence-corrected chi connectivity index (χ1v) is 10.9. The molecule has 0 aromatic carbocycles. The number of nitrogens with zero attached hydrogens (tertiary/aromatic N) is 1. The Morgan fingerprint density at radius 1 is 0.676 bits per heavy atom. The van der Waals surface area contributed by atoms with Crippen LogP contribution < -0.4 is 50.4 Å². The Kier molecular flexibility index (Phi) is 14.3. The summed E-state index contributed by atoms with van der Waals surface area (Å²) in [5, 5.41) is 15.7. The Hall–Kier alpha value is -4.48. The van der Waals surface area contributed by atoms with E-state index in [1.54, 1.807) is 0 Å². The molecule has 0 rings (SSSR count). The number of guanidine groups is 1. The van der Waals surface area contributed by atoms with Crippen LogP contribution in [-0.4, -0.2) is 83.2 Å². The van der Waals surface area contributed by atoms with Gasteiger partial charge in [0.1, 0.15) is 18.1 Å². The van der Waals surface area contributed by atoms with E-state index < -0.39 is 78.4 Å². The summed E-state index contributed by atoms with van der Waals surface area (Å²) in [4.78, 5) is 86.5. The number of hydrogen-bond donors (Lipinski definition) is 10. The van der Waals surface area contributed by atoms with Gasteiger partial charge in [0.2, 0.25) is 35.4 Å². The van der Waals surface area contributed by atoms with E-state index in [4.69, 9.17) is 34.4 Å². The summed E-state index contributed by atoms with van der Waals surface area (Å²) < 4.78 is 0. The second kappa shape index (κ2) is 16.2. The topological polar surface area (TPSA) is 344 Å². The maximum absolute atomic E-state index is 12.9. The predicted molar refractivity (Wildman–Crippen MR) is 127 cm³/mol. The van der Waals surface area contributed by atoms with Crippen molar-refractivity contribution in [3.8, 4) is 0 Å². The fourth-order valence-corrected chi connectivity index (χ4v) is 2.84. The molecule has 0 aliphatic carbocycles. The highest BCUT2D eigenvalue weighted by molar-refractivity contribution is 5.96. The van der Waals surface area contributed by atoms with Gasteiger partial charge in [-0.3, -0.25) is 33.8 Å². The van der Waals surface area contributed by atoms with Crippen molar-refractivity contribution < 1.29 is 38.7 Å². The number of aliphatic carboxylic acids is 1. The van der Waals surface area contributed by atoms with Gasteiger partial charge in [0.25, 0.3) is 0 Å².